The van der Waals surface area contributed by atoms with Gasteiger partial charge in [0.05, 0.1) is 0 Å². The van der Waals surface area contributed by atoms with Crippen molar-refractivity contribution in [1.82, 2.24) is 9.91 Å². The number of carbonyl (C=O) groups is 3. The van der Waals surface area contributed by atoms with E-state index in [2.05, 4.69) is 11.7 Å². The van der Waals surface area contributed by atoms with Gasteiger partial charge in [-0.2, -0.15) is 5.10 Å². The van der Waals surface area contributed by atoms with Crippen LogP contribution in [0, 0.1) is 0 Å². The van der Waals surface area contributed by atoms with E-state index in [1.54, 1.807) is 4.90 Å². The third-order valence-electron chi connectivity index (χ3n) is 2.96. The molecule has 7 heteroatoms. The molecule has 0 N–H and O–H groups in total. The van der Waals surface area contributed by atoms with Crippen LogP contribution in [0.5, 0.6) is 0 Å². The molecule has 0 radical (unpaired) electrons. The summed E-state index contributed by atoms with van der Waals surface area (Å²) in [7, 11) is 1.48. The zero-order valence-electron chi connectivity index (χ0n) is 12.7. The molecular weight excluding hydrogens is 274 g/mol. The number of hydrogen-bond donors (Lipinski definition) is 0. The second-order valence-electron chi connectivity index (χ2n) is 4.91. The number of likely N-dealkylation sites (N-methyl/N-ethyl adjacent to an activating group) is 1. The summed E-state index contributed by atoms with van der Waals surface area (Å²) < 4.78 is 4.96. The minimum Gasteiger partial charge on any atom is -0.451 e. The van der Waals surface area contributed by atoms with Crippen LogP contribution < -0.4 is 0 Å². The molecule has 7 nitrogen and oxygen atoms in total. The Balaban J connectivity index is 2.52. The minimum atomic E-state index is -0.658. The highest BCUT2D eigenvalue weighted by Gasteiger charge is 2.24. The second kappa shape index (κ2) is 7.56. The normalized spacial score (nSPS) is 14.5. The van der Waals surface area contributed by atoms with Crippen molar-refractivity contribution in [1.29, 1.82) is 0 Å². The maximum Gasteiger partial charge on any atom is 0.355 e. The highest BCUT2D eigenvalue weighted by molar-refractivity contribution is 6.37. The van der Waals surface area contributed by atoms with Gasteiger partial charge in [0.1, 0.15) is 5.71 Å². The summed E-state index contributed by atoms with van der Waals surface area (Å²) in [5.41, 5.74) is 1.01. The number of carbonyl (C=O) groups excluding carboxylic acids is 3. The van der Waals surface area contributed by atoms with Gasteiger partial charge < -0.3 is 9.64 Å². The number of ether oxygens (including phenoxy) is 1. The SMILES string of the molecule is C=C(C)CN(CC)C(=O)COC(=O)C1=NN(C)C(=O)CC1. The number of hydrazone groups is 1. The van der Waals surface area contributed by atoms with Crippen molar-refractivity contribution in [3.05, 3.63) is 12.2 Å². The Morgan fingerprint density at radius 3 is 2.62 bits per heavy atom. The first-order chi connectivity index (χ1) is 9.85. The largest absolute Gasteiger partial charge is 0.451 e. The molecule has 1 aliphatic rings. The monoisotopic (exact) mass is 295 g/mol. The molecule has 0 aliphatic carbocycles. The zero-order valence-corrected chi connectivity index (χ0v) is 12.7. The van der Waals surface area contributed by atoms with Gasteiger partial charge in [0, 0.05) is 33.0 Å². The Kier molecular flexibility index (Phi) is 6.08. The van der Waals surface area contributed by atoms with Gasteiger partial charge in [-0.3, -0.25) is 9.59 Å². The molecule has 1 rings (SSSR count). The Bertz CT molecular complexity index is 485. The lowest BCUT2D eigenvalue weighted by Gasteiger charge is -2.21. The fourth-order valence-corrected chi connectivity index (χ4v) is 1.82. The Morgan fingerprint density at radius 1 is 1.43 bits per heavy atom. The number of esters is 1. The third-order valence-corrected chi connectivity index (χ3v) is 2.96. The molecule has 2 amide bonds. The second-order valence-corrected chi connectivity index (χ2v) is 4.91. The summed E-state index contributed by atoms with van der Waals surface area (Å²) in [6.45, 7) is 8.03. The molecular formula is C14H21N3O4. The van der Waals surface area contributed by atoms with Gasteiger partial charge >= 0.3 is 5.97 Å². The van der Waals surface area contributed by atoms with E-state index in [0.29, 0.717) is 13.1 Å². The van der Waals surface area contributed by atoms with E-state index in [4.69, 9.17) is 4.74 Å². The first-order valence-corrected chi connectivity index (χ1v) is 6.78. The van der Waals surface area contributed by atoms with Crippen LogP contribution in [0.2, 0.25) is 0 Å². The number of rotatable bonds is 6. The summed E-state index contributed by atoms with van der Waals surface area (Å²) in [6, 6.07) is 0. The summed E-state index contributed by atoms with van der Waals surface area (Å²) in [5.74, 6) is -1.09. The molecule has 0 fully saturated rings. The van der Waals surface area contributed by atoms with Gasteiger partial charge in [0.2, 0.25) is 5.91 Å². The summed E-state index contributed by atoms with van der Waals surface area (Å²) in [5, 5.41) is 4.95. The van der Waals surface area contributed by atoms with Crippen LogP contribution >= 0.6 is 0 Å². The molecule has 1 aliphatic heterocycles. The predicted octanol–water partition coefficient (Wildman–Crippen LogP) is 0.562. The molecule has 0 spiro atoms. The number of nitrogens with zero attached hydrogens (tertiary/aromatic N) is 3. The minimum absolute atomic E-state index is 0.152. The van der Waals surface area contributed by atoms with E-state index >= 15 is 0 Å². The van der Waals surface area contributed by atoms with Crippen LogP contribution in [-0.2, 0) is 19.1 Å². The van der Waals surface area contributed by atoms with Gasteiger partial charge in [0.25, 0.3) is 5.91 Å². The predicted molar refractivity (Wildman–Crippen MR) is 77.5 cm³/mol. The molecule has 21 heavy (non-hydrogen) atoms. The Hall–Kier alpha value is -2.18. The van der Waals surface area contributed by atoms with Crippen LogP contribution in [0.25, 0.3) is 0 Å². The summed E-state index contributed by atoms with van der Waals surface area (Å²) in [4.78, 5) is 36.5. The first kappa shape index (κ1) is 16.9. The highest BCUT2D eigenvalue weighted by Crippen LogP contribution is 2.08. The van der Waals surface area contributed by atoms with Crippen molar-refractivity contribution < 1.29 is 19.1 Å². The van der Waals surface area contributed by atoms with Gasteiger partial charge in [0.15, 0.2) is 6.61 Å². The highest BCUT2D eigenvalue weighted by atomic mass is 16.5. The van der Waals surface area contributed by atoms with Crippen molar-refractivity contribution in [2.24, 2.45) is 5.10 Å². The van der Waals surface area contributed by atoms with Gasteiger partial charge in [-0.25, -0.2) is 9.80 Å². The smallest absolute Gasteiger partial charge is 0.355 e. The molecule has 0 aromatic rings. The van der Waals surface area contributed by atoms with E-state index in [-0.39, 0.29) is 37.0 Å². The maximum absolute atomic E-state index is 11.9. The van der Waals surface area contributed by atoms with E-state index < -0.39 is 5.97 Å². The topological polar surface area (TPSA) is 79.3 Å². The lowest BCUT2D eigenvalue weighted by Crippen LogP contribution is -2.37. The van der Waals surface area contributed by atoms with Crippen LogP contribution in [0.1, 0.15) is 26.7 Å². The maximum atomic E-state index is 11.9. The van der Waals surface area contributed by atoms with Crippen molar-refractivity contribution in [2.75, 3.05) is 26.7 Å². The molecule has 0 aromatic carbocycles. The number of amides is 2. The standard InChI is InChI=1S/C14H21N3O4/c1-5-17(8-10(2)3)13(19)9-21-14(20)11-6-7-12(18)16(4)15-11/h2,5-9H2,1,3-4H3. The van der Waals surface area contributed by atoms with Crippen LogP contribution in [0.15, 0.2) is 17.3 Å². The molecule has 0 unspecified atom stereocenters. The molecule has 1 heterocycles. The molecule has 0 saturated heterocycles. The number of hydrogen-bond acceptors (Lipinski definition) is 5. The van der Waals surface area contributed by atoms with Crippen LogP contribution in [0.4, 0.5) is 0 Å². The fourth-order valence-electron chi connectivity index (χ4n) is 1.82. The average Bonchev–Trinajstić information content (AvgIpc) is 2.44. The average molecular weight is 295 g/mol. The quantitative estimate of drug-likeness (QED) is 0.530. The summed E-state index contributed by atoms with van der Waals surface area (Å²) in [6.07, 6.45) is 0.453. The molecule has 0 bridgehead atoms. The van der Waals surface area contributed by atoms with Crippen LogP contribution in [-0.4, -0.2) is 60.1 Å². The van der Waals surface area contributed by atoms with Gasteiger partial charge in [-0.05, 0) is 13.8 Å². The zero-order chi connectivity index (χ0) is 16.0. The third kappa shape index (κ3) is 5.02. The molecule has 116 valence electrons. The summed E-state index contributed by atoms with van der Waals surface area (Å²) >= 11 is 0. The van der Waals surface area contributed by atoms with E-state index in [1.807, 2.05) is 13.8 Å². The van der Waals surface area contributed by atoms with Crippen molar-refractivity contribution >= 4 is 23.5 Å². The lowest BCUT2D eigenvalue weighted by atomic mass is 10.2. The van der Waals surface area contributed by atoms with E-state index in [1.165, 1.54) is 7.05 Å². The Morgan fingerprint density at radius 2 is 2.10 bits per heavy atom. The van der Waals surface area contributed by atoms with Crippen molar-refractivity contribution in [2.45, 2.75) is 26.7 Å². The molecule has 0 atom stereocenters. The van der Waals surface area contributed by atoms with Crippen molar-refractivity contribution in [3.63, 3.8) is 0 Å². The lowest BCUT2D eigenvalue weighted by molar-refractivity contribution is -0.146. The Labute approximate surface area is 124 Å². The molecule has 0 saturated carbocycles. The van der Waals surface area contributed by atoms with Crippen LogP contribution in [0.3, 0.4) is 0 Å². The fraction of sp³-hybridized carbons (Fsp3) is 0.571. The first-order valence-electron chi connectivity index (χ1n) is 6.78. The molecule has 0 aromatic heterocycles. The van der Waals surface area contributed by atoms with E-state index in [0.717, 1.165) is 10.6 Å². The van der Waals surface area contributed by atoms with Gasteiger partial charge in [-0.1, -0.05) is 12.2 Å². The van der Waals surface area contributed by atoms with Crippen molar-refractivity contribution in [3.8, 4) is 0 Å². The van der Waals surface area contributed by atoms with E-state index in [9.17, 15) is 14.4 Å². The van der Waals surface area contributed by atoms with Gasteiger partial charge in [-0.15, -0.1) is 0 Å².